The van der Waals surface area contributed by atoms with Gasteiger partial charge in [-0.3, -0.25) is 4.79 Å². The first-order valence-corrected chi connectivity index (χ1v) is 7.09. The summed E-state index contributed by atoms with van der Waals surface area (Å²) in [6.45, 7) is 5.07. The molecule has 5 nitrogen and oxygen atoms in total. The molecule has 1 fully saturated rings. The summed E-state index contributed by atoms with van der Waals surface area (Å²) >= 11 is 0. The van der Waals surface area contributed by atoms with Gasteiger partial charge >= 0.3 is 0 Å². The van der Waals surface area contributed by atoms with E-state index in [4.69, 9.17) is 15.2 Å². The molecule has 1 aliphatic carbocycles. The van der Waals surface area contributed by atoms with Gasteiger partial charge in [-0.05, 0) is 38.8 Å². The molecule has 110 valence electrons. The molecule has 1 aromatic rings. The fourth-order valence-electron chi connectivity index (χ4n) is 2.38. The van der Waals surface area contributed by atoms with Gasteiger partial charge in [0.1, 0.15) is 11.3 Å². The topological polar surface area (TPSA) is 73.6 Å². The van der Waals surface area contributed by atoms with Gasteiger partial charge < -0.3 is 20.5 Å². The van der Waals surface area contributed by atoms with Crippen LogP contribution >= 0.6 is 0 Å². The van der Waals surface area contributed by atoms with E-state index in [1.54, 1.807) is 18.2 Å². The maximum absolute atomic E-state index is 12.3. The van der Waals surface area contributed by atoms with E-state index < -0.39 is 0 Å². The number of benzene rings is 1. The lowest BCUT2D eigenvalue weighted by atomic mass is 9.89. The van der Waals surface area contributed by atoms with Crippen molar-refractivity contribution in [3.05, 3.63) is 23.8 Å². The number of rotatable bonds is 6. The number of ether oxygens (including phenoxy) is 2. The van der Waals surface area contributed by atoms with Gasteiger partial charge in [-0.2, -0.15) is 0 Å². The van der Waals surface area contributed by atoms with E-state index in [-0.39, 0.29) is 18.1 Å². The molecular formula is C15H22N2O3. The van der Waals surface area contributed by atoms with Crippen molar-refractivity contribution in [1.29, 1.82) is 0 Å². The molecule has 1 amide bonds. The number of carbonyl (C=O) groups is 1. The standard InChI is InChI=1S/C15H22N2O3/c1-3-19-11-8-10(9-11)17-15(18)14-12(16)6-5-7-13(14)20-4-2/h5-7,10-11H,3-4,8-9,16H2,1-2H3,(H,17,18). The first-order chi connectivity index (χ1) is 9.65. The van der Waals surface area contributed by atoms with Crippen LogP contribution in [-0.2, 0) is 4.74 Å². The second kappa shape index (κ2) is 6.61. The number of hydrogen-bond acceptors (Lipinski definition) is 4. The van der Waals surface area contributed by atoms with Gasteiger partial charge in [0.05, 0.1) is 12.7 Å². The molecule has 0 heterocycles. The molecule has 1 aromatic carbocycles. The maximum atomic E-state index is 12.3. The van der Waals surface area contributed by atoms with Crippen LogP contribution in [0.2, 0.25) is 0 Å². The Morgan fingerprint density at radius 3 is 2.75 bits per heavy atom. The van der Waals surface area contributed by atoms with Crippen LogP contribution in [-0.4, -0.2) is 31.3 Å². The maximum Gasteiger partial charge on any atom is 0.257 e. The molecule has 5 heteroatoms. The Morgan fingerprint density at radius 2 is 2.10 bits per heavy atom. The minimum absolute atomic E-state index is 0.160. The Hall–Kier alpha value is -1.75. The van der Waals surface area contributed by atoms with Crippen molar-refractivity contribution in [3.63, 3.8) is 0 Å². The molecule has 1 aliphatic rings. The van der Waals surface area contributed by atoms with Crippen molar-refractivity contribution in [2.24, 2.45) is 0 Å². The molecule has 2 rings (SSSR count). The van der Waals surface area contributed by atoms with Gasteiger partial charge in [0.25, 0.3) is 5.91 Å². The average molecular weight is 278 g/mol. The molecule has 0 atom stereocenters. The van der Waals surface area contributed by atoms with Crippen LogP contribution in [0, 0.1) is 0 Å². The van der Waals surface area contributed by atoms with Gasteiger partial charge in [-0.15, -0.1) is 0 Å². The fourth-order valence-corrected chi connectivity index (χ4v) is 2.38. The summed E-state index contributed by atoms with van der Waals surface area (Å²) in [7, 11) is 0. The molecule has 0 aromatic heterocycles. The van der Waals surface area contributed by atoms with Crippen molar-refractivity contribution in [2.45, 2.75) is 38.8 Å². The first kappa shape index (κ1) is 14.7. The lowest BCUT2D eigenvalue weighted by Crippen LogP contribution is -2.48. The summed E-state index contributed by atoms with van der Waals surface area (Å²) in [6.07, 6.45) is 1.98. The van der Waals surface area contributed by atoms with E-state index in [0.717, 1.165) is 12.8 Å². The van der Waals surface area contributed by atoms with E-state index in [1.165, 1.54) is 0 Å². The third-order valence-electron chi connectivity index (χ3n) is 3.42. The van der Waals surface area contributed by atoms with Crippen LogP contribution in [0.4, 0.5) is 5.69 Å². The van der Waals surface area contributed by atoms with E-state index in [0.29, 0.717) is 30.2 Å². The number of nitrogens with two attached hydrogens (primary N) is 1. The lowest BCUT2D eigenvalue weighted by Gasteiger charge is -2.35. The zero-order valence-corrected chi connectivity index (χ0v) is 12.0. The number of hydrogen-bond donors (Lipinski definition) is 2. The number of amides is 1. The van der Waals surface area contributed by atoms with Crippen LogP contribution < -0.4 is 15.8 Å². The highest BCUT2D eigenvalue weighted by atomic mass is 16.5. The summed E-state index contributed by atoms with van der Waals surface area (Å²) in [4.78, 5) is 12.3. The second-order valence-corrected chi connectivity index (χ2v) is 4.87. The van der Waals surface area contributed by atoms with Crippen molar-refractivity contribution < 1.29 is 14.3 Å². The van der Waals surface area contributed by atoms with Gasteiger partial charge in [-0.25, -0.2) is 0 Å². The molecule has 0 spiro atoms. The fraction of sp³-hybridized carbons (Fsp3) is 0.533. The zero-order chi connectivity index (χ0) is 14.5. The molecule has 0 radical (unpaired) electrons. The van der Waals surface area contributed by atoms with Crippen molar-refractivity contribution in [1.82, 2.24) is 5.32 Å². The Labute approximate surface area is 119 Å². The second-order valence-electron chi connectivity index (χ2n) is 4.87. The predicted octanol–water partition coefficient (Wildman–Crippen LogP) is 1.96. The van der Waals surface area contributed by atoms with Crippen molar-refractivity contribution >= 4 is 11.6 Å². The smallest absolute Gasteiger partial charge is 0.257 e. The summed E-state index contributed by atoms with van der Waals surface area (Å²) in [6, 6.07) is 5.42. The monoisotopic (exact) mass is 278 g/mol. The molecule has 1 saturated carbocycles. The average Bonchev–Trinajstić information content (AvgIpc) is 2.36. The molecule has 0 aliphatic heterocycles. The quantitative estimate of drug-likeness (QED) is 0.780. The summed E-state index contributed by atoms with van der Waals surface area (Å²) < 4.78 is 10.9. The van der Waals surface area contributed by atoms with Gasteiger partial charge in [0.2, 0.25) is 0 Å². The van der Waals surface area contributed by atoms with E-state index in [1.807, 2.05) is 13.8 Å². The summed E-state index contributed by atoms with van der Waals surface area (Å²) in [5.74, 6) is 0.359. The highest BCUT2D eigenvalue weighted by Gasteiger charge is 2.31. The number of nitrogens with one attached hydrogen (secondary N) is 1. The number of carbonyl (C=O) groups excluding carboxylic acids is 1. The molecular weight excluding hydrogens is 256 g/mol. The third-order valence-corrected chi connectivity index (χ3v) is 3.42. The molecule has 0 bridgehead atoms. The predicted molar refractivity (Wildman–Crippen MR) is 77.9 cm³/mol. The Kier molecular flexibility index (Phi) is 4.84. The number of nitrogen functional groups attached to an aromatic ring is 1. The molecule has 3 N–H and O–H groups in total. The van der Waals surface area contributed by atoms with Crippen LogP contribution in [0.15, 0.2) is 18.2 Å². The van der Waals surface area contributed by atoms with E-state index in [2.05, 4.69) is 5.32 Å². The normalized spacial score (nSPS) is 21.1. The summed E-state index contributed by atoms with van der Waals surface area (Å²) in [5.41, 5.74) is 6.76. The lowest BCUT2D eigenvalue weighted by molar-refractivity contribution is -0.00863. The van der Waals surface area contributed by atoms with Crippen molar-refractivity contribution in [3.8, 4) is 5.75 Å². The Balaban J connectivity index is 1.99. The van der Waals surface area contributed by atoms with Gasteiger partial charge in [-0.1, -0.05) is 6.07 Å². The number of anilines is 1. The minimum atomic E-state index is -0.175. The molecule has 0 saturated heterocycles. The van der Waals surface area contributed by atoms with Crippen LogP contribution in [0.25, 0.3) is 0 Å². The molecule has 20 heavy (non-hydrogen) atoms. The third kappa shape index (κ3) is 3.22. The molecule has 0 unspecified atom stereocenters. The largest absolute Gasteiger partial charge is 0.493 e. The highest BCUT2D eigenvalue weighted by molar-refractivity contribution is 6.02. The van der Waals surface area contributed by atoms with Crippen LogP contribution in [0.1, 0.15) is 37.0 Å². The van der Waals surface area contributed by atoms with E-state index in [9.17, 15) is 4.79 Å². The minimum Gasteiger partial charge on any atom is -0.493 e. The Bertz CT molecular complexity index is 470. The Morgan fingerprint density at radius 1 is 1.35 bits per heavy atom. The SMILES string of the molecule is CCOc1cccc(N)c1C(=O)NC1CC(OCC)C1. The first-order valence-electron chi connectivity index (χ1n) is 7.09. The van der Waals surface area contributed by atoms with Gasteiger partial charge in [0.15, 0.2) is 0 Å². The zero-order valence-electron chi connectivity index (χ0n) is 12.0. The van der Waals surface area contributed by atoms with Gasteiger partial charge in [0, 0.05) is 18.3 Å². The van der Waals surface area contributed by atoms with Crippen LogP contribution in [0.3, 0.4) is 0 Å². The highest BCUT2D eigenvalue weighted by Crippen LogP contribution is 2.27. The van der Waals surface area contributed by atoms with E-state index >= 15 is 0 Å². The van der Waals surface area contributed by atoms with Crippen LogP contribution in [0.5, 0.6) is 5.75 Å². The van der Waals surface area contributed by atoms with Crippen molar-refractivity contribution in [2.75, 3.05) is 18.9 Å². The summed E-state index contributed by atoms with van der Waals surface area (Å²) in [5, 5.41) is 2.98.